The molecule has 1 saturated heterocycles. The van der Waals surface area contributed by atoms with Crippen molar-refractivity contribution in [2.45, 2.75) is 32.0 Å². The van der Waals surface area contributed by atoms with Crippen LogP contribution in [0.5, 0.6) is 0 Å². The van der Waals surface area contributed by atoms with Crippen LogP contribution in [0, 0.1) is 0 Å². The number of hydrogen-bond acceptors (Lipinski definition) is 4. The van der Waals surface area contributed by atoms with Crippen LogP contribution in [0.4, 0.5) is 0 Å². The Bertz CT molecular complexity index is 423. The zero-order valence-corrected chi connectivity index (χ0v) is 11.6. The van der Waals surface area contributed by atoms with Gasteiger partial charge in [-0.25, -0.2) is 0 Å². The number of aromatic nitrogens is 1. The Hall–Kier alpha value is -1.46. The highest BCUT2D eigenvalue weighted by Gasteiger charge is 2.32. The first-order valence-corrected chi connectivity index (χ1v) is 6.73. The third-order valence-corrected chi connectivity index (χ3v) is 3.95. The molecule has 1 aliphatic heterocycles. The molecule has 0 radical (unpaired) electrons. The van der Waals surface area contributed by atoms with E-state index in [9.17, 15) is 4.79 Å². The summed E-state index contributed by atoms with van der Waals surface area (Å²) in [5, 5.41) is 0. The number of carbonyl (C=O) groups is 1. The maximum Gasteiger partial charge on any atom is 0.241 e. The van der Waals surface area contributed by atoms with E-state index in [2.05, 4.69) is 16.8 Å². The molecular weight excluding hydrogens is 240 g/mol. The van der Waals surface area contributed by atoms with Crippen molar-refractivity contribution >= 4 is 5.91 Å². The Kier molecular flexibility index (Phi) is 4.50. The molecule has 0 saturated carbocycles. The molecule has 5 nitrogen and oxygen atoms in total. The summed E-state index contributed by atoms with van der Waals surface area (Å²) < 4.78 is 0. The second-order valence-corrected chi connectivity index (χ2v) is 5.17. The van der Waals surface area contributed by atoms with E-state index in [1.54, 1.807) is 12.4 Å². The lowest BCUT2D eigenvalue weighted by Crippen LogP contribution is -2.50. The van der Waals surface area contributed by atoms with Gasteiger partial charge < -0.3 is 10.6 Å². The Labute approximate surface area is 114 Å². The maximum absolute atomic E-state index is 12.5. The number of amides is 1. The number of carbonyl (C=O) groups excluding carboxylic acids is 1. The molecule has 2 N–H and O–H groups in total. The largest absolute Gasteiger partial charge is 0.337 e. The van der Waals surface area contributed by atoms with Gasteiger partial charge in [-0.15, -0.1) is 0 Å². The van der Waals surface area contributed by atoms with E-state index in [4.69, 9.17) is 5.73 Å². The molecule has 1 aromatic rings. The highest BCUT2D eigenvalue weighted by atomic mass is 16.2. The number of nitrogens with two attached hydrogens (primary N) is 1. The third kappa shape index (κ3) is 3.11. The molecule has 1 fully saturated rings. The minimum Gasteiger partial charge on any atom is -0.337 e. The lowest BCUT2D eigenvalue weighted by molar-refractivity contribution is -0.135. The first-order valence-electron chi connectivity index (χ1n) is 6.73. The highest BCUT2D eigenvalue weighted by Crippen LogP contribution is 2.17. The molecule has 2 heterocycles. The number of hydrogen-bond donors (Lipinski definition) is 1. The molecule has 104 valence electrons. The molecule has 5 heteroatoms. The van der Waals surface area contributed by atoms with E-state index >= 15 is 0 Å². The number of nitrogens with zero attached hydrogens (tertiary/aromatic N) is 3. The molecule has 1 aromatic heterocycles. The highest BCUT2D eigenvalue weighted by molar-refractivity contribution is 5.82. The van der Waals surface area contributed by atoms with Crippen molar-refractivity contribution in [3.05, 3.63) is 30.1 Å². The minimum absolute atomic E-state index is 0.131. The molecule has 0 aliphatic carbocycles. The van der Waals surface area contributed by atoms with Crippen LogP contribution in [-0.2, 0) is 11.3 Å². The van der Waals surface area contributed by atoms with Crippen molar-refractivity contribution in [1.82, 2.24) is 14.8 Å². The second kappa shape index (κ2) is 6.12. The zero-order chi connectivity index (χ0) is 13.8. The van der Waals surface area contributed by atoms with Crippen LogP contribution >= 0.6 is 0 Å². The van der Waals surface area contributed by atoms with E-state index in [0.29, 0.717) is 19.1 Å². The summed E-state index contributed by atoms with van der Waals surface area (Å²) in [6.07, 6.45) is 4.49. The normalized spacial score (nSPS) is 25.4. The predicted octanol–water partition coefficient (Wildman–Crippen LogP) is 0.462. The first kappa shape index (κ1) is 14.0. The smallest absolute Gasteiger partial charge is 0.241 e. The van der Waals surface area contributed by atoms with E-state index in [0.717, 1.165) is 18.5 Å². The Morgan fingerprint density at radius 1 is 1.42 bits per heavy atom. The van der Waals surface area contributed by atoms with Crippen molar-refractivity contribution in [3.63, 3.8) is 0 Å². The van der Waals surface area contributed by atoms with Crippen LogP contribution in [-0.4, -0.2) is 52.9 Å². The summed E-state index contributed by atoms with van der Waals surface area (Å²) in [4.78, 5) is 20.5. The van der Waals surface area contributed by atoms with Crippen LogP contribution in [0.1, 0.15) is 18.9 Å². The monoisotopic (exact) mass is 262 g/mol. The van der Waals surface area contributed by atoms with Gasteiger partial charge in [0.15, 0.2) is 0 Å². The summed E-state index contributed by atoms with van der Waals surface area (Å²) in [6, 6.07) is 4.06. The average molecular weight is 262 g/mol. The fourth-order valence-corrected chi connectivity index (χ4v) is 2.48. The van der Waals surface area contributed by atoms with Crippen molar-refractivity contribution in [1.29, 1.82) is 0 Å². The number of rotatable bonds is 3. The van der Waals surface area contributed by atoms with Gasteiger partial charge in [0, 0.05) is 38.1 Å². The Balaban J connectivity index is 2.14. The van der Waals surface area contributed by atoms with Gasteiger partial charge in [-0.05, 0) is 38.1 Å². The third-order valence-electron chi connectivity index (χ3n) is 3.95. The van der Waals surface area contributed by atoms with Gasteiger partial charge in [0.2, 0.25) is 5.91 Å². The second-order valence-electron chi connectivity index (χ2n) is 5.17. The number of likely N-dealkylation sites (N-methyl/N-ethyl adjacent to an activating group) is 1. The van der Waals surface area contributed by atoms with Gasteiger partial charge in [0.25, 0.3) is 0 Å². The quantitative estimate of drug-likeness (QED) is 0.859. The van der Waals surface area contributed by atoms with Gasteiger partial charge >= 0.3 is 0 Å². The molecule has 1 aliphatic rings. The van der Waals surface area contributed by atoms with E-state index in [-0.39, 0.29) is 11.9 Å². The lowest BCUT2D eigenvalue weighted by atomic mass is 10.2. The fourth-order valence-electron chi connectivity index (χ4n) is 2.48. The van der Waals surface area contributed by atoms with Crippen molar-refractivity contribution < 1.29 is 4.79 Å². The van der Waals surface area contributed by atoms with Gasteiger partial charge in [-0.1, -0.05) is 0 Å². The van der Waals surface area contributed by atoms with Crippen LogP contribution in [0.3, 0.4) is 0 Å². The van der Waals surface area contributed by atoms with Gasteiger partial charge in [0.05, 0.1) is 0 Å². The van der Waals surface area contributed by atoms with Crippen LogP contribution in [0.2, 0.25) is 0 Å². The fraction of sp³-hybridized carbons (Fsp3) is 0.571. The van der Waals surface area contributed by atoms with Gasteiger partial charge in [-0.2, -0.15) is 0 Å². The standard InChI is InChI=1S/C14H22N4O/c1-11-5-8-18(10-12-3-6-16-7-4-12)14(19)13(9-15)17(11)2/h3-4,6-7,11,13H,5,8-10,15H2,1-2H3. The van der Waals surface area contributed by atoms with Crippen LogP contribution in [0.25, 0.3) is 0 Å². The lowest BCUT2D eigenvalue weighted by Gasteiger charge is -2.29. The van der Waals surface area contributed by atoms with Crippen LogP contribution < -0.4 is 5.73 Å². The van der Waals surface area contributed by atoms with E-state index < -0.39 is 0 Å². The van der Waals surface area contributed by atoms with Crippen molar-refractivity contribution in [2.24, 2.45) is 5.73 Å². The van der Waals surface area contributed by atoms with Gasteiger partial charge in [0.1, 0.15) is 6.04 Å². The van der Waals surface area contributed by atoms with Crippen LogP contribution in [0.15, 0.2) is 24.5 Å². The molecule has 0 bridgehead atoms. The average Bonchev–Trinajstić information content (AvgIpc) is 2.52. The van der Waals surface area contributed by atoms with Crippen molar-refractivity contribution in [3.8, 4) is 0 Å². The molecule has 1 amide bonds. The SMILES string of the molecule is CC1CCN(Cc2ccncc2)C(=O)C(CN)N1C. The van der Waals surface area contributed by atoms with Gasteiger partial charge in [-0.3, -0.25) is 14.7 Å². The summed E-state index contributed by atoms with van der Waals surface area (Å²) in [5.74, 6) is 0.131. The molecular formula is C14H22N4O. The summed E-state index contributed by atoms with van der Waals surface area (Å²) in [6.45, 7) is 3.93. The zero-order valence-electron chi connectivity index (χ0n) is 11.6. The molecule has 2 unspecified atom stereocenters. The molecule has 0 spiro atoms. The minimum atomic E-state index is -0.209. The van der Waals surface area contributed by atoms with E-state index in [1.165, 1.54) is 0 Å². The summed E-state index contributed by atoms with van der Waals surface area (Å²) >= 11 is 0. The molecule has 2 atom stereocenters. The Morgan fingerprint density at radius 3 is 2.74 bits per heavy atom. The topological polar surface area (TPSA) is 62.5 Å². The summed E-state index contributed by atoms with van der Waals surface area (Å²) in [5.41, 5.74) is 6.88. The van der Waals surface area contributed by atoms with E-state index in [1.807, 2.05) is 24.1 Å². The van der Waals surface area contributed by atoms with Crippen molar-refractivity contribution in [2.75, 3.05) is 20.1 Å². The Morgan fingerprint density at radius 2 is 2.11 bits per heavy atom. The molecule has 0 aromatic carbocycles. The first-order chi connectivity index (χ1) is 9.13. The predicted molar refractivity (Wildman–Crippen MR) is 74.3 cm³/mol. The maximum atomic E-state index is 12.5. The number of pyridine rings is 1. The molecule has 2 rings (SSSR count). The summed E-state index contributed by atoms with van der Waals surface area (Å²) in [7, 11) is 1.98. The molecule has 19 heavy (non-hydrogen) atoms.